The number of carbonyl (C=O) groups is 1. The second-order valence-electron chi connectivity index (χ2n) is 5.89. The first-order valence-electron chi connectivity index (χ1n) is 8.04. The second-order valence-corrected chi connectivity index (χ2v) is 6.33. The van der Waals surface area contributed by atoms with Crippen molar-refractivity contribution >= 4 is 23.2 Å². The number of nitrogens with zero attached hydrogens (tertiary/aromatic N) is 4. The molecule has 0 saturated carbocycles. The van der Waals surface area contributed by atoms with E-state index < -0.39 is 0 Å². The molecule has 2 aromatic heterocycles. The minimum absolute atomic E-state index is 0.0419. The number of carbonyl (C=O) groups excluding carboxylic acids is 1. The van der Waals surface area contributed by atoms with E-state index in [4.69, 9.17) is 20.9 Å². The highest BCUT2D eigenvalue weighted by molar-refractivity contribution is 6.31. The summed E-state index contributed by atoms with van der Waals surface area (Å²) in [5, 5.41) is 4.57. The van der Waals surface area contributed by atoms with Crippen molar-refractivity contribution in [2.75, 3.05) is 18.6 Å². The summed E-state index contributed by atoms with van der Waals surface area (Å²) in [7, 11) is 1.56. The van der Waals surface area contributed by atoms with Crippen molar-refractivity contribution in [2.24, 2.45) is 0 Å². The van der Waals surface area contributed by atoms with Gasteiger partial charge in [0.05, 0.1) is 12.8 Å². The van der Waals surface area contributed by atoms with E-state index in [1.807, 2.05) is 12.1 Å². The molecule has 1 unspecified atom stereocenters. The van der Waals surface area contributed by atoms with Crippen LogP contribution in [-0.2, 0) is 4.79 Å². The molecule has 1 aliphatic heterocycles. The van der Waals surface area contributed by atoms with Crippen molar-refractivity contribution in [1.82, 2.24) is 15.1 Å². The van der Waals surface area contributed by atoms with Gasteiger partial charge < -0.3 is 14.2 Å². The van der Waals surface area contributed by atoms with Crippen LogP contribution in [0.5, 0.6) is 5.75 Å². The van der Waals surface area contributed by atoms with Crippen molar-refractivity contribution < 1.29 is 14.1 Å². The molecule has 7 nitrogen and oxygen atoms in total. The van der Waals surface area contributed by atoms with E-state index in [-0.39, 0.29) is 18.2 Å². The van der Waals surface area contributed by atoms with Crippen LogP contribution in [0.1, 0.15) is 18.2 Å². The Labute approximate surface area is 154 Å². The van der Waals surface area contributed by atoms with Crippen molar-refractivity contribution in [3.63, 3.8) is 0 Å². The van der Waals surface area contributed by atoms with Crippen LogP contribution in [0.15, 0.2) is 47.1 Å². The molecule has 0 aliphatic carbocycles. The van der Waals surface area contributed by atoms with E-state index in [1.54, 1.807) is 42.5 Å². The third-order valence-corrected chi connectivity index (χ3v) is 4.48. The number of amides is 1. The molecule has 0 bridgehead atoms. The maximum Gasteiger partial charge on any atom is 0.276 e. The predicted octanol–water partition coefficient (Wildman–Crippen LogP) is 3.31. The molecule has 4 rings (SSSR count). The molecule has 3 heterocycles. The quantitative estimate of drug-likeness (QED) is 0.700. The number of hydrogen-bond donors (Lipinski definition) is 0. The van der Waals surface area contributed by atoms with Crippen molar-refractivity contribution in [2.45, 2.75) is 12.3 Å². The van der Waals surface area contributed by atoms with Gasteiger partial charge in [-0.2, -0.15) is 4.98 Å². The number of pyridine rings is 1. The van der Waals surface area contributed by atoms with Gasteiger partial charge in [0.15, 0.2) is 5.82 Å². The van der Waals surface area contributed by atoms with Gasteiger partial charge in [-0.3, -0.25) is 9.78 Å². The van der Waals surface area contributed by atoms with Gasteiger partial charge in [-0.15, -0.1) is 0 Å². The van der Waals surface area contributed by atoms with E-state index in [9.17, 15) is 4.79 Å². The largest absolute Gasteiger partial charge is 0.495 e. The molecule has 0 N–H and O–H groups in total. The van der Waals surface area contributed by atoms with Gasteiger partial charge in [-0.25, -0.2) is 0 Å². The van der Waals surface area contributed by atoms with E-state index >= 15 is 0 Å². The predicted molar refractivity (Wildman–Crippen MR) is 95.2 cm³/mol. The average Bonchev–Trinajstić information content (AvgIpc) is 3.29. The first kappa shape index (κ1) is 16.5. The summed E-state index contributed by atoms with van der Waals surface area (Å²) in [6.07, 6.45) is 1.95. The molecule has 1 saturated heterocycles. The van der Waals surface area contributed by atoms with Gasteiger partial charge in [0.25, 0.3) is 5.89 Å². The topological polar surface area (TPSA) is 81.3 Å². The van der Waals surface area contributed by atoms with Crippen molar-refractivity contribution in [1.29, 1.82) is 0 Å². The normalized spacial score (nSPS) is 16.9. The Morgan fingerprint density at radius 2 is 2.19 bits per heavy atom. The third kappa shape index (κ3) is 3.01. The van der Waals surface area contributed by atoms with Gasteiger partial charge in [0.1, 0.15) is 11.4 Å². The SMILES string of the molecule is COc1ccc(Cl)cc1N1CC(c2noc(-c3ccccn3)n2)CC1=O. The minimum Gasteiger partial charge on any atom is -0.495 e. The van der Waals surface area contributed by atoms with E-state index in [0.29, 0.717) is 40.4 Å². The molecule has 1 fully saturated rings. The highest BCUT2D eigenvalue weighted by Gasteiger charge is 2.36. The molecule has 8 heteroatoms. The number of rotatable bonds is 4. The number of benzene rings is 1. The first-order chi connectivity index (χ1) is 12.7. The van der Waals surface area contributed by atoms with Crippen LogP contribution in [0.4, 0.5) is 5.69 Å². The summed E-state index contributed by atoms with van der Waals surface area (Å²) in [5.74, 6) is 1.20. The van der Waals surface area contributed by atoms with Crippen molar-refractivity contribution in [3.8, 4) is 17.3 Å². The summed E-state index contributed by atoms with van der Waals surface area (Å²) < 4.78 is 10.7. The molecular weight excluding hydrogens is 356 g/mol. The molecule has 1 aliphatic rings. The highest BCUT2D eigenvalue weighted by atomic mass is 35.5. The number of hydrogen-bond acceptors (Lipinski definition) is 6. The van der Waals surface area contributed by atoms with Crippen LogP contribution in [0.3, 0.4) is 0 Å². The Balaban J connectivity index is 1.59. The molecule has 132 valence electrons. The van der Waals surface area contributed by atoms with Crippen LogP contribution in [0.2, 0.25) is 5.02 Å². The van der Waals surface area contributed by atoms with Gasteiger partial charge in [0.2, 0.25) is 5.91 Å². The monoisotopic (exact) mass is 370 g/mol. The lowest BCUT2D eigenvalue weighted by atomic mass is 10.1. The average molecular weight is 371 g/mol. The van der Waals surface area contributed by atoms with Crippen LogP contribution >= 0.6 is 11.6 Å². The van der Waals surface area contributed by atoms with Gasteiger partial charge in [-0.05, 0) is 30.3 Å². The van der Waals surface area contributed by atoms with Crippen LogP contribution in [0, 0.1) is 0 Å². The summed E-state index contributed by atoms with van der Waals surface area (Å²) in [6, 6.07) is 10.6. The van der Waals surface area contributed by atoms with E-state index in [0.717, 1.165) is 0 Å². The zero-order valence-corrected chi connectivity index (χ0v) is 14.7. The fraction of sp³-hybridized carbons (Fsp3) is 0.222. The number of halogens is 1. The van der Waals surface area contributed by atoms with Crippen molar-refractivity contribution in [3.05, 3.63) is 53.4 Å². The standard InChI is InChI=1S/C18H15ClN4O3/c1-25-15-6-5-12(19)9-14(15)23-10-11(8-16(23)24)17-21-18(26-22-17)13-4-2-3-7-20-13/h2-7,9,11H,8,10H2,1H3. The van der Waals surface area contributed by atoms with Gasteiger partial charge in [-0.1, -0.05) is 22.8 Å². The fourth-order valence-electron chi connectivity index (χ4n) is 2.98. The lowest BCUT2D eigenvalue weighted by Crippen LogP contribution is -2.24. The van der Waals surface area contributed by atoms with E-state index in [1.165, 1.54) is 0 Å². The number of ether oxygens (including phenoxy) is 1. The Bertz CT molecular complexity index is 945. The summed E-state index contributed by atoms with van der Waals surface area (Å²) >= 11 is 6.08. The van der Waals surface area contributed by atoms with Crippen LogP contribution < -0.4 is 9.64 Å². The molecule has 1 amide bonds. The van der Waals surface area contributed by atoms with Gasteiger partial charge in [0, 0.05) is 30.1 Å². The minimum atomic E-state index is -0.174. The van der Waals surface area contributed by atoms with Crippen LogP contribution in [-0.4, -0.2) is 34.7 Å². The molecule has 3 aromatic rings. The Hall–Kier alpha value is -2.93. The number of aromatic nitrogens is 3. The summed E-state index contributed by atoms with van der Waals surface area (Å²) in [5.41, 5.74) is 1.24. The first-order valence-corrected chi connectivity index (χ1v) is 8.42. The third-order valence-electron chi connectivity index (χ3n) is 4.25. The lowest BCUT2D eigenvalue weighted by Gasteiger charge is -2.19. The molecule has 26 heavy (non-hydrogen) atoms. The number of methoxy groups -OCH3 is 1. The number of anilines is 1. The summed E-state index contributed by atoms with van der Waals surface area (Å²) in [4.78, 5) is 22.8. The molecular formula is C18H15ClN4O3. The zero-order chi connectivity index (χ0) is 18.1. The Kier molecular flexibility index (Phi) is 4.30. The smallest absolute Gasteiger partial charge is 0.276 e. The Morgan fingerprint density at radius 3 is 2.96 bits per heavy atom. The fourth-order valence-corrected chi connectivity index (χ4v) is 3.15. The Morgan fingerprint density at radius 1 is 1.31 bits per heavy atom. The molecule has 1 aromatic carbocycles. The molecule has 0 radical (unpaired) electrons. The lowest BCUT2D eigenvalue weighted by molar-refractivity contribution is -0.117. The van der Waals surface area contributed by atoms with E-state index in [2.05, 4.69) is 15.1 Å². The zero-order valence-electron chi connectivity index (χ0n) is 13.9. The molecule has 1 atom stereocenters. The van der Waals surface area contributed by atoms with Gasteiger partial charge >= 0.3 is 0 Å². The van der Waals surface area contributed by atoms with Crippen LogP contribution in [0.25, 0.3) is 11.6 Å². The highest BCUT2D eigenvalue weighted by Crippen LogP contribution is 2.37. The maximum absolute atomic E-state index is 12.5. The second kappa shape index (κ2) is 6.76. The molecule has 0 spiro atoms. The maximum atomic E-state index is 12.5. The summed E-state index contributed by atoms with van der Waals surface area (Å²) in [6.45, 7) is 0.427.